The molecule has 1 aromatic heterocycles. The van der Waals surface area contributed by atoms with Gasteiger partial charge in [-0.25, -0.2) is 4.98 Å². The van der Waals surface area contributed by atoms with Crippen molar-refractivity contribution in [2.45, 2.75) is 24.0 Å². The van der Waals surface area contributed by atoms with Crippen molar-refractivity contribution in [1.29, 1.82) is 0 Å². The third-order valence-corrected chi connectivity index (χ3v) is 5.85. The van der Waals surface area contributed by atoms with E-state index >= 15 is 0 Å². The average Bonchev–Trinajstić information content (AvgIpc) is 3.07. The molecular formula is C17H12ClF3N2OS. The molecule has 1 unspecified atom stereocenters. The van der Waals surface area contributed by atoms with Crippen molar-refractivity contribution >= 4 is 34.4 Å². The molecule has 4 rings (SSSR count). The van der Waals surface area contributed by atoms with Gasteiger partial charge in [-0.05, 0) is 42.8 Å². The standard InChI is InChI=1S/C17H12ClF3N2OS/c1-9-6-10(2-4-12(9)18)16(24)8-25-15-22-13-7-11(17(19,20)21)3-5-14(13)23(15)16/h2-7,24H,8H2,1H3. The number of benzene rings is 2. The van der Waals surface area contributed by atoms with Crippen molar-refractivity contribution < 1.29 is 18.3 Å². The Bertz CT molecular complexity index is 1000. The van der Waals surface area contributed by atoms with Gasteiger partial charge in [0.15, 0.2) is 10.9 Å². The van der Waals surface area contributed by atoms with Crippen LogP contribution in [-0.4, -0.2) is 20.4 Å². The number of fused-ring (bicyclic) bond motifs is 3. The van der Waals surface area contributed by atoms with Gasteiger partial charge in [-0.1, -0.05) is 29.4 Å². The second-order valence-electron chi connectivity index (χ2n) is 6.00. The van der Waals surface area contributed by atoms with E-state index in [1.54, 1.807) is 22.8 Å². The molecule has 2 aromatic carbocycles. The zero-order valence-corrected chi connectivity index (χ0v) is 14.5. The lowest BCUT2D eigenvalue weighted by Gasteiger charge is -2.26. The van der Waals surface area contributed by atoms with Gasteiger partial charge in [-0.15, -0.1) is 0 Å². The number of alkyl halides is 3. The molecule has 0 aliphatic carbocycles. The maximum Gasteiger partial charge on any atom is 0.416 e. The molecule has 1 atom stereocenters. The summed E-state index contributed by atoms with van der Waals surface area (Å²) in [6.45, 7) is 1.83. The Hall–Kier alpha value is -1.70. The summed E-state index contributed by atoms with van der Waals surface area (Å²) >= 11 is 7.36. The number of imidazole rings is 1. The van der Waals surface area contributed by atoms with Crippen LogP contribution in [0.4, 0.5) is 13.2 Å². The van der Waals surface area contributed by atoms with Crippen LogP contribution in [0.5, 0.6) is 0 Å². The first-order valence-corrected chi connectivity index (χ1v) is 8.78. The average molecular weight is 385 g/mol. The van der Waals surface area contributed by atoms with Gasteiger partial charge in [-0.2, -0.15) is 13.2 Å². The van der Waals surface area contributed by atoms with E-state index in [9.17, 15) is 18.3 Å². The summed E-state index contributed by atoms with van der Waals surface area (Å²) in [7, 11) is 0. The molecule has 8 heteroatoms. The molecular weight excluding hydrogens is 373 g/mol. The Kier molecular flexibility index (Phi) is 3.62. The van der Waals surface area contributed by atoms with Crippen molar-refractivity contribution in [2.24, 2.45) is 0 Å². The van der Waals surface area contributed by atoms with Gasteiger partial charge in [0.05, 0.1) is 22.3 Å². The molecule has 1 aliphatic heterocycles. The lowest BCUT2D eigenvalue weighted by molar-refractivity contribution is -0.137. The molecule has 3 aromatic rings. The number of aromatic nitrogens is 2. The van der Waals surface area contributed by atoms with Crippen LogP contribution in [0.2, 0.25) is 5.02 Å². The van der Waals surface area contributed by atoms with Gasteiger partial charge in [0, 0.05) is 10.6 Å². The molecule has 0 saturated heterocycles. The minimum atomic E-state index is -4.43. The van der Waals surface area contributed by atoms with E-state index in [1.165, 1.54) is 17.8 Å². The first-order chi connectivity index (χ1) is 11.7. The smallest absolute Gasteiger partial charge is 0.366 e. The van der Waals surface area contributed by atoms with Crippen LogP contribution in [0.15, 0.2) is 41.6 Å². The van der Waals surface area contributed by atoms with Gasteiger partial charge in [0.25, 0.3) is 0 Å². The Balaban J connectivity index is 1.90. The number of hydrogen-bond donors (Lipinski definition) is 1. The van der Waals surface area contributed by atoms with Crippen LogP contribution in [0.25, 0.3) is 11.0 Å². The van der Waals surface area contributed by atoms with E-state index in [-0.39, 0.29) is 5.52 Å². The van der Waals surface area contributed by atoms with Crippen LogP contribution < -0.4 is 0 Å². The van der Waals surface area contributed by atoms with Gasteiger partial charge in [-0.3, -0.25) is 4.57 Å². The van der Waals surface area contributed by atoms with Crippen LogP contribution in [0, 0.1) is 6.92 Å². The van der Waals surface area contributed by atoms with Crippen molar-refractivity contribution in [3.8, 4) is 0 Å². The van der Waals surface area contributed by atoms with E-state index in [4.69, 9.17) is 11.6 Å². The fraction of sp³-hybridized carbons (Fsp3) is 0.235. The number of aryl methyl sites for hydroxylation is 1. The number of rotatable bonds is 1. The van der Waals surface area contributed by atoms with E-state index in [0.29, 0.717) is 27.0 Å². The van der Waals surface area contributed by atoms with Gasteiger partial charge < -0.3 is 5.11 Å². The summed E-state index contributed by atoms with van der Waals surface area (Å²) in [5, 5.41) is 12.4. The summed E-state index contributed by atoms with van der Waals surface area (Å²) in [4.78, 5) is 4.27. The second-order valence-corrected chi connectivity index (χ2v) is 7.35. The van der Waals surface area contributed by atoms with Crippen molar-refractivity contribution in [1.82, 2.24) is 9.55 Å². The molecule has 0 spiro atoms. The third-order valence-electron chi connectivity index (χ3n) is 4.34. The quantitative estimate of drug-likeness (QED) is 0.654. The monoisotopic (exact) mass is 384 g/mol. The maximum atomic E-state index is 12.9. The zero-order valence-electron chi connectivity index (χ0n) is 12.9. The highest BCUT2D eigenvalue weighted by Crippen LogP contribution is 2.44. The van der Waals surface area contributed by atoms with Crippen LogP contribution in [-0.2, 0) is 11.9 Å². The summed E-state index contributed by atoms with van der Waals surface area (Å²) in [6.07, 6.45) is -4.43. The molecule has 2 heterocycles. The molecule has 130 valence electrons. The highest BCUT2D eigenvalue weighted by Gasteiger charge is 2.42. The second kappa shape index (κ2) is 5.40. The molecule has 0 radical (unpaired) electrons. The van der Waals surface area contributed by atoms with E-state index in [1.807, 2.05) is 6.92 Å². The normalized spacial score (nSPS) is 20.2. The van der Waals surface area contributed by atoms with Gasteiger partial charge in [0.1, 0.15) is 0 Å². The SMILES string of the molecule is Cc1cc(C2(O)CSc3nc4cc(C(F)(F)F)ccc4n32)ccc1Cl. The zero-order chi connectivity index (χ0) is 18.0. The van der Waals surface area contributed by atoms with Crippen LogP contribution >= 0.6 is 23.4 Å². The number of halogens is 4. The Labute approximate surface area is 150 Å². The number of hydrogen-bond acceptors (Lipinski definition) is 3. The summed E-state index contributed by atoms with van der Waals surface area (Å²) in [5.74, 6) is 0.327. The summed E-state index contributed by atoms with van der Waals surface area (Å²) in [6, 6.07) is 8.58. The van der Waals surface area contributed by atoms with E-state index in [0.717, 1.165) is 17.7 Å². The largest absolute Gasteiger partial charge is 0.416 e. The predicted octanol–water partition coefficient (Wildman–Crippen LogP) is 4.82. The molecule has 3 nitrogen and oxygen atoms in total. The highest BCUT2D eigenvalue weighted by atomic mass is 35.5. The van der Waals surface area contributed by atoms with E-state index < -0.39 is 17.5 Å². The van der Waals surface area contributed by atoms with Crippen LogP contribution in [0.3, 0.4) is 0 Å². The Morgan fingerprint density at radius 3 is 2.68 bits per heavy atom. The molecule has 25 heavy (non-hydrogen) atoms. The molecule has 0 fully saturated rings. The van der Waals surface area contributed by atoms with E-state index in [2.05, 4.69) is 4.98 Å². The highest BCUT2D eigenvalue weighted by molar-refractivity contribution is 7.99. The fourth-order valence-electron chi connectivity index (χ4n) is 3.02. The van der Waals surface area contributed by atoms with Crippen molar-refractivity contribution in [3.05, 3.63) is 58.1 Å². The molecule has 0 saturated carbocycles. The van der Waals surface area contributed by atoms with Crippen molar-refractivity contribution in [2.75, 3.05) is 5.75 Å². The Morgan fingerprint density at radius 2 is 2.00 bits per heavy atom. The summed E-state index contributed by atoms with van der Waals surface area (Å²) in [5.41, 5.74) is -0.0318. The number of thioether (sulfide) groups is 1. The lowest BCUT2D eigenvalue weighted by atomic mass is 10.0. The molecule has 1 aliphatic rings. The third kappa shape index (κ3) is 2.53. The van der Waals surface area contributed by atoms with Gasteiger partial charge >= 0.3 is 6.18 Å². The molecule has 0 bridgehead atoms. The first-order valence-electron chi connectivity index (χ1n) is 7.42. The van der Waals surface area contributed by atoms with Gasteiger partial charge in [0.2, 0.25) is 0 Å². The van der Waals surface area contributed by atoms with Crippen molar-refractivity contribution in [3.63, 3.8) is 0 Å². The number of nitrogens with zero attached hydrogens (tertiary/aromatic N) is 2. The summed E-state index contributed by atoms with van der Waals surface area (Å²) < 4.78 is 40.3. The lowest BCUT2D eigenvalue weighted by Crippen LogP contribution is -2.33. The fourth-order valence-corrected chi connectivity index (χ4v) is 4.31. The molecule has 0 amide bonds. The first kappa shape index (κ1) is 16.8. The minimum absolute atomic E-state index is 0.209. The van der Waals surface area contributed by atoms with Crippen LogP contribution in [0.1, 0.15) is 16.7 Å². The molecule has 1 N–H and O–H groups in total. The topological polar surface area (TPSA) is 38.1 Å². The predicted molar refractivity (Wildman–Crippen MR) is 90.9 cm³/mol. The number of aliphatic hydroxyl groups is 1. The minimum Gasteiger partial charge on any atom is -0.366 e. The maximum absolute atomic E-state index is 12.9. The Morgan fingerprint density at radius 1 is 1.24 bits per heavy atom.